The molecular weight excluding hydrogens is 404 g/mol. The molecule has 0 spiro atoms. The summed E-state index contributed by atoms with van der Waals surface area (Å²) in [6, 6.07) is 0. The number of carbonyl (C=O) groups is 1. The van der Waals surface area contributed by atoms with Crippen LogP contribution in [0.5, 0.6) is 0 Å². The summed E-state index contributed by atoms with van der Waals surface area (Å²) in [4.78, 5) is 13.3. The van der Waals surface area contributed by atoms with Crippen LogP contribution >= 0.6 is 0 Å². The van der Waals surface area contributed by atoms with Gasteiger partial charge in [-0.25, -0.2) is 0 Å². The lowest BCUT2D eigenvalue weighted by molar-refractivity contribution is -0.145. The zero-order chi connectivity index (χ0) is 24.9. The number of methoxy groups -OCH3 is 3. The van der Waals surface area contributed by atoms with Crippen LogP contribution in [-0.2, 0) is 19.0 Å². The molecule has 0 radical (unpaired) electrons. The Labute approximate surface area is 197 Å². The van der Waals surface area contributed by atoms with E-state index in [0.29, 0.717) is 6.42 Å². The fourth-order valence-corrected chi connectivity index (χ4v) is 4.65. The number of ether oxygens (including phenoxy) is 3. The maximum atomic E-state index is 13.3. The first-order valence-electron chi connectivity index (χ1n) is 12.0. The molecule has 0 amide bonds. The summed E-state index contributed by atoms with van der Waals surface area (Å²) in [6.07, 6.45) is 8.48. The number of ketones is 1. The fraction of sp³-hybridized carbons (Fsp3) is 0.815. The Morgan fingerprint density at radius 1 is 1.03 bits per heavy atom. The normalized spacial score (nSPS) is 18.2. The van der Waals surface area contributed by atoms with Crippen molar-refractivity contribution in [3.63, 3.8) is 0 Å². The van der Waals surface area contributed by atoms with Crippen LogP contribution in [0.1, 0.15) is 80.6 Å². The van der Waals surface area contributed by atoms with Crippen LogP contribution in [-0.4, -0.2) is 57.1 Å². The van der Waals surface area contributed by atoms with Gasteiger partial charge >= 0.3 is 0 Å². The zero-order valence-corrected chi connectivity index (χ0v) is 22.4. The van der Waals surface area contributed by atoms with Gasteiger partial charge in [-0.2, -0.15) is 0 Å². The lowest BCUT2D eigenvalue weighted by Gasteiger charge is -2.37. The highest BCUT2D eigenvalue weighted by Crippen LogP contribution is 2.33. The van der Waals surface area contributed by atoms with Crippen LogP contribution in [0, 0.1) is 17.3 Å². The highest BCUT2D eigenvalue weighted by atomic mass is 16.5. The molecule has 0 aliphatic carbocycles. The Morgan fingerprint density at radius 2 is 1.66 bits per heavy atom. The van der Waals surface area contributed by atoms with Gasteiger partial charge in [-0.15, -0.1) is 0 Å². The van der Waals surface area contributed by atoms with E-state index < -0.39 is 5.41 Å². The minimum absolute atomic E-state index is 0.00000358. The molecule has 5 nitrogen and oxygen atoms in total. The van der Waals surface area contributed by atoms with Gasteiger partial charge in [0, 0.05) is 39.3 Å². The third-order valence-electron chi connectivity index (χ3n) is 7.01. The molecule has 0 saturated carbocycles. The Bertz CT molecular complexity index is 593. The van der Waals surface area contributed by atoms with Crippen molar-refractivity contribution in [2.24, 2.45) is 17.3 Å². The number of rotatable bonds is 17. The summed E-state index contributed by atoms with van der Waals surface area (Å²) in [7, 11) is 5.05. The third kappa shape index (κ3) is 9.46. The molecular formula is C27H50O5. The van der Waals surface area contributed by atoms with E-state index in [1.54, 1.807) is 21.3 Å². The van der Waals surface area contributed by atoms with Crippen molar-refractivity contribution in [1.29, 1.82) is 0 Å². The van der Waals surface area contributed by atoms with Gasteiger partial charge in [-0.05, 0) is 64.4 Å². The largest absolute Gasteiger partial charge is 0.396 e. The zero-order valence-electron chi connectivity index (χ0n) is 22.4. The monoisotopic (exact) mass is 454 g/mol. The molecule has 32 heavy (non-hydrogen) atoms. The molecule has 0 aliphatic rings. The Balaban J connectivity index is 4.93. The van der Waals surface area contributed by atoms with Crippen LogP contribution in [0.2, 0.25) is 0 Å². The molecule has 0 saturated heterocycles. The van der Waals surface area contributed by atoms with E-state index in [4.69, 9.17) is 14.2 Å². The quantitative estimate of drug-likeness (QED) is 0.283. The Hall–Kier alpha value is -1.01. The van der Waals surface area contributed by atoms with E-state index in [9.17, 15) is 9.90 Å². The minimum atomic E-state index is -0.685. The van der Waals surface area contributed by atoms with Gasteiger partial charge in [0.1, 0.15) is 5.78 Å². The van der Waals surface area contributed by atoms with Gasteiger partial charge < -0.3 is 19.3 Å². The average molecular weight is 455 g/mol. The number of hydrogen-bond acceptors (Lipinski definition) is 5. The smallest absolute Gasteiger partial charge is 0.146 e. The first kappa shape index (κ1) is 31.0. The molecule has 0 fully saturated rings. The summed E-state index contributed by atoms with van der Waals surface area (Å²) in [5.74, 6) is 0.139. The first-order valence-corrected chi connectivity index (χ1v) is 12.0. The topological polar surface area (TPSA) is 65.0 Å². The van der Waals surface area contributed by atoms with Crippen molar-refractivity contribution in [1.82, 2.24) is 0 Å². The van der Waals surface area contributed by atoms with Gasteiger partial charge in [0.2, 0.25) is 0 Å². The molecule has 0 aliphatic heterocycles. The SMILES string of the molecule is C/C=C(\C)C(C/C=C(/C)CCCC(C)C(OC)C(C)C(=O)C(C)(C)C(CCO)OC)OC. The number of carbonyl (C=O) groups excluding carboxylic acids is 1. The second-order valence-electron chi connectivity index (χ2n) is 9.72. The highest BCUT2D eigenvalue weighted by Gasteiger charge is 2.42. The van der Waals surface area contributed by atoms with Crippen molar-refractivity contribution in [2.75, 3.05) is 27.9 Å². The van der Waals surface area contributed by atoms with E-state index in [2.05, 4.69) is 32.9 Å². The number of hydrogen-bond donors (Lipinski definition) is 1. The third-order valence-corrected chi connectivity index (χ3v) is 7.01. The van der Waals surface area contributed by atoms with Crippen LogP contribution in [0.15, 0.2) is 23.3 Å². The van der Waals surface area contributed by atoms with Crippen LogP contribution < -0.4 is 0 Å². The maximum absolute atomic E-state index is 13.3. The average Bonchev–Trinajstić information content (AvgIpc) is 2.77. The second kappa shape index (κ2) is 15.8. The summed E-state index contributed by atoms with van der Waals surface area (Å²) in [6.45, 7) is 14.3. The second-order valence-corrected chi connectivity index (χ2v) is 9.72. The molecule has 0 aromatic rings. The van der Waals surface area contributed by atoms with Gasteiger partial charge in [0.15, 0.2) is 0 Å². The number of aliphatic hydroxyl groups is 1. The predicted molar refractivity (Wildman–Crippen MR) is 133 cm³/mol. The van der Waals surface area contributed by atoms with Gasteiger partial charge in [0.25, 0.3) is 0 Å². The van der Waals surface area contributed by atoms with Crippen molar-refractivity contribution >= 4 is 5.78 Å². The molecule has 1 N–H and O–H groups in total. The van der Waals surface area contributed by atoms with Crippen LogP contribution in [0.4, 0.5) is 0 Å². The lowest BCUT2D eigenvalue weighted by atomic mass is 9.73. The molecule has 0 heterocycles. The summed E-state index contributed by atoms with van der Waals surface area (Å²) < 4.78 is 16.9. The summed E-state index contributed by atoms with van der Waals surface area (Å²) >= 11 is 0. The molecule has 5 atom stereocenters. The molecule has 0 bridgehead atoms. The summed E-state index contributed by atoms with van der Waals surface area (Å²) in [5, 5.41) is 9.33. The van der Waals surface area contributed by atoms with Gasteiger partial charge in [0.05, 0.1) is 18.3 Å². The number of Topliss-reactive ketones (excluding diaryl/α,β-unsaturated/α-hetero) is 1. The van der Waals surface area contributed by atoms with Crippen molar-refractivity contribution in [2.45, 2.75) is 98.9 Å². The van der Waals surface area contributed by atoms with E-state index in [-0.39, 0.29) is 42.5 Å². The van der Waals surface area contributed by atoms with Gasteiger partial charge in [-0.1, -0.05) is 45.4 Å². The number of aliphatic hydroxyl groups excluding tert-OH is 1. The first-order chi connectivity index (χ1) is 15.0. The van der Waals surface area contributed by atoms with Gasteiger partial charge in [-0.3, -0.25) is 4.79 Å². The minimum Gasteiger partial charge on any atom is -0.396 e. The molecule has 5 unspecified atom stereocenters. The molecule has 5 heteroatoms. The van der Waals surface area contributed by atoms with Crippen LogP contribution in [0.25, 0.3) is 0 Å². The molecule has 0 aromatic heterocycles. The molecule has 0 aromatic carbocycles. The Kier molecular flexibility index (Phi) is 15.3. The summed E-state index contributed by atoms with van der Waals surface area (Å²) in [5.41, 5.74) is 1.94. The van der Waals surface area contributed by atoms with E-state index in [1.807, 2.05) is 27.7 Å². The van der Waals surface area contributed by atoms with Crippen LogP contribution in [0.3, 0.4) is 0 Å². The standard InChI is InChI=1S/C27H50O5/c1-11-20(3)23(30-8)16-15-19(2)13-12-14-21(4)25(32-10)22(5)26(29)27(6,7)24(31-9)17-18-28/h11,15,21-25,28H,12-14,16-18H2,1-10H3/b19-15-,20-11+. The fourth-order valence-electron chi connectivity index (χ4n) is 4.65. The van der Waals surface area contributed by atoms with Crippen molar-refractivity contribution in [3.8, 4) is 0 Å². The van der Waals surface area contributed by atoms with E-state index >= 15 is 0 Å². The van der Waals surface area contributed by atoms with Crippen molar-refractivity contribution in [3.05, 3.63) is 23.3 Å². The van der Waals surface area contributed by atoms with Crippen molar-refractivity contribution < 1.29 is 24.1 Å². The highest BCUT2D eigenvalue weighted by molar-refractivity contribution is 5.87. The molecule has 0 rings (SSSR count). The van der Waals surface area contributed by atoms with E-state index in [0.717, 1.165) is 25.7 Å². The van der Waals surface area contributed by atoms with E-state index in [1.165, 1.54) is 11.1 Å². The lowest BCUT2D eigenvalue weighted by Crippen LogP contribution is -2.46. The maximum Gasteiger partial charge on any atom is 0.146 e. The Morgan fingerprint density at radius 3 is 2.12 bits per heavy atom. The predicted octanol–water partition coefficient (Wildman–Crippen LogP) is 5.75. The number of allylic oxidation sites excluding steroid dienone is 2. The molecule has 188 valence electrons.